The molecule has 2 atom stereocenters. The van der Waals surface area contributed by atoms with Crippen molar-refractivity contribution < 1.29 is 5.11 Å². The number of hydrogen-bond acceptors (Lipinski definition) is 3. The van der Waals surface area contributed by atoms with Gasteiger partial charge >= 0.3 is 0 Å². The fourth-order valence-electron chi connectivity index (χ4n) is 1.46. The topological polar surface area (TPSA) is 50.1 Å². The standard InChI is InChI=1S/C10H19N3O/c1-8(4-5-14)12-9(2)10-6-11-13(3)7-10/h6-9,12,14H,4-5H2,1-3H3. The number of aromatic nitrogens is 2. The fourth-order valence-corrected chi connectivity index (χ4v) is 1.46. The van der Waals surface area contributed by atoms with Crippen molar-refractivity contribution in [3.63, 3.8) is 0 Å². The van der Waals surface area contributed by atoms with Crippen molar-refractivity contribution in [2.75, 3.05) is 6.61 Å². The molecule has 1 heterocycles. The van der Waals surface area contributed by atoms with Gasteiger partial charge in [-0.05, 0) is 20.3 Å². The number of nitrogens with zero attached hydrogens (tertiary/aromatic N) is 2. The molecule has 1 rings (SSSR count). The van der Waals surface area contributed by atoms with E-state index in [0.717, 1.165) is 6.42 Å². The summed E-state index contributed by atoms with van der Waals surface area (Å²) in [4.78, 5) is 0. The van der Waals surface area contributed by atoms with Crippen LogP contribution >= 0.6 is 0 Å². The van der Waals surface area contributed by atoms with Crippen molar-refractivity contribution in [2.24, 2.45) is 7.05 Å². The second-order valence-corrected chi connectivity index (χ2v) is 3.75. The van der Waals surface area contributed by atoms with Gasteiger partial charge in [0, 0.05) is 37.5 Å². The van der Waals surface area contributed by atoms with E-state index in [1.165, 1.54) is 5.56 Å². The van der Waals surface area contributed by atoms with Gasteiger partial charge in [-0.25, -0.2) is 0 Å². The van der Waals surface area contributed by atoms with Crippen molar-refractivity contribution in [3.8, 4) is 0 Å². The molecule has 80 valence electrons. The van der Waals surface area contributed by atoms with Crippen molar-refractivity contribution in [3.05, 3.63) is 18.0 Å². The highest BCUT2D eigenvalue weighted by molar-refractivity contribution is 5.09. The molecular formula is C10H19N3O. The number of aliphatic hydroxyl groups excluding tert-OH is 1. The highest BCUT2D eigenvalue weighted by atomic mass is 16.3. The molecule has 0 amide bonds. The van der Waals surface area contributed by atoms with E-state index >= 15 is 0 Å². The van der Waals surface area contributed by atoms with Crippen LogP contribution in [0.4, 0.5) is 0 Å². The first-order valence-corrected chi connectivity index (χ1v) is 4.99. The SMILES string of the molecule is CC(CCO)NC(C)c1cnn(C)c1. The lowest BCUT2D eigenvalue weighted by Gasteiger charge is -2.17. The van der Waals surface area contributed by atoms with Gasteiger partial charge in [-0.3, -0.25) is 4.68 Å². The van der Waals surface area contributed by atoms with Crippen LogP contribution in [0.3, 0.4) is 0 Å². The minimum Gasteiger partial charge on any atom is -0.396 e. The van der Waals surface area contributed by atoms with Crippen LogP contribution in [0.2, 0.25) is 0 Å². The molecule has 0 saturated carbocycles. The predicted octanol–water partition coefficient (Wildman–Crippen LogP) is 0.842. The third-order valence-corrected chi connectivity index (χ3v) is 2.32. The lowest BCUT2D eigenvalue weighted by atomic mass is 10.1. The quantitative estimate of drug-likeness (QED) is 0.735. The Kier molecular flexibility index (Phi) is 4.10. The Morgan fingerprint density at radius 2 is 2.29 bits per heavy atom. The van der Waals surface area contributed by atoms with Gasteiger partial charge < -0.3 is 10.4 Å². The number of hydrogen-bond donors (Lipinski definition) is 2. The summed E-state index contributed by atoms with van der Waals surface area (Å²) in [7, 11) is 1.91. The van der Waals surface area contributed by atoms with Crippen LogP contribution in [0.25, 0.3) is 0 Å². The van der Waals surface area contributed by atoms with E-state index < -0.39 is 0 Å². The summed E-state index contributed by atoms with van der Waals surface area (Å²) in [6.07, 6.45) is 4.65. The Hall–Kier alpha value is -0.870. The van der Waals surface area contributed by atoms with E-state index in [0.29, 0.717) is 6.04 Å². The molecular weight excluding hydrogens is 178 g/mol. The maximum absolute atomic E-state index is 8.77. The molecule has 0 aliphatic rings. The zero-order valence-corrected chi connectivity index (χ0v) is 9.07. The molecule has 0 radical (unpaired) electrons. The molecule has 0 bridgehead atoms. The van der Waals surface area contributed by atoms with E-state index in [1.807, 2.05) is 19.4 Å². The fraction of sp³-hybridized carbons (Fsp3) is 0.700. The van der Waals surface area contributed by atoms with E-state index in [4.69, 9.17) is 5.11 Å². The van der Waals surface area contributed by atoms with Crippen molar-refractivity contribution >= 4 is 0 Å². The van der Waals surface area contributed by atoms with Gasteiger partial charge in [-0.2, -0.15) is 5.10 Å². The summed E-state index contributed by atoms with van der Waals surface area (Å²) in [5, 5.41) is 16.3. The van der Waals surface area contributed by atoms with E-state index in [2.05, 4.69) is 24.3 Å². The Bertz CT molecular complexity index is 272. The van der Waals surface area contributed by atoms with Gasteiger partial charge in [0.15, 0.2) is 0 Å². The Morgan fingerprint density at radius 1 is 1.57 bits per heavy atom. The maximum Gasteiger partial charge on any atom is 0.0537 e. The Morgan fingerprint density at radius 3 is 2.79 bits per heavy atom. The Balaban J connectivity index is 2.45. The highest BCUT2D eigenvalue weighted by Gasteiger charge is 2.09. The third kappa shape index (κ3) is 3.12. The van der Waals surface area contributed by atoms with Gasteiger partial charge in [0.05, 0.1) is 6.20 Å². The zero-order valence-electron chi connectivity index (χ0n) is 9.07. The highest BCUT2D eigenvalue weighted by Crippen LogP contribution is 2.11. The molecule has 1 aromatic heterocycles. The molecule has 0 saturated heterocycles. The van der Waals surface area contributed by atoms with Gasteiger partial charge in [-0.1, -0.05) is 0 Å². The average molecular weight is 197 g/mol. The molecule has 0 fully saturated rings. The minimum absolute atomic E-state index is 0.230. The summed E-state index contributed by atoms with van der Waals surface area (Å²) >= 11 is 0. The van der Waals surface area contributed by atoms with Crippen molar-refractivity contribution in [1.29, 1.82) is 0 Å². The molecule has 4 nitrogen and oxygen atoms in total. The smallest absolute Gasteiger partial charge is 0.0537 e. The first kappa shape index (κ1) is 11.2. The molecule has 2 N–H and O–H groups in total. The summed E-state index contributed by atoms with van der Waals surface area (Å²) < 4.78 is 1.80. The Labute approximate surface area is 84.9 Å². The van der Waals surface area contributed by atoms with Crippen LogP contribution in [0.5, 0.6) is 0 Å². The first-order valence-electron chi connectivity index (χ1n) is 4.99. The van der Waals surface area contributed by atoms with Gasteiger partial charge in [0.1, 0.15) is 0 Å². The van der Waals surface area contributed by atoms with E-state index in [1.54, 1.807) is 4.68 Å². The summed E-state index contributed by atoms with van der Waals surface area (Å²) in [6.45, 7) is 4.40. The largest absolute Gasteiger partial charge is 0.396 e. The molecule has 2 unspecified atom stereocenters. The average Bonchev–Trinajstić information content (AvgIpc) is 2.52. The van der Waals surface area contributed by atoms with Crippen LogP contribution < -0.4 is 5.32 Å². The number of aliphatic hydroxyl groups is 1. The number of rotatable bonds is 5. The first-order chi connectivity index (χ1) is 6.63. The normalized spacial score (nSPS) is 15.4. The second-order valence-electron chi connectivity index (χ2n) is 3.75. The summed E-state index contributed by atoms with van der Waals surface area (Å²) in [6, 6.07) is 0.612. The van der Waals surface area contributed by atoms with Crippen LogP contribution in [-0.4, -0.2) is 27.5 Å². The number of nitrogens with one attached hydrogen (secondary N) is 1. The van der Waals surface area contributed by atoms with Crippen molar-refractivity contribution in [2.45, 2.75) is 32.4 Å². The van der Waals surface area contributed by atoms with Crippen molar-refractivity contribution in [1.82, 2.24) is 15.1 Å². The lowest BCUT2D eigenvalue weighted by Crippen LogP contribution is -2.29. The van der Waals surface area contributed by atoms with E-state index in [-0.39, 0.29) is 12.6 Å². The molecule has 0 spiro atoms. The minimum atomic E-state index is 0.230. The monoisotopic (exact) mass is 197 g/mol. The van der Waals surface area contributed by atoms with Crippen LogP contribution in [0.1, 0.15) is 31.9 Å². The third-order valence-electron chi connectivity index (χ3n) is 2.32. The molecule has 0 aliphatic heterocycles. The van der Waals surface area contributed by atoms with Crippen LogP contribution in [0.15, 0.2) is 12.4 Å². The molecule has 0 aliphatic carbocycles. The molecule has 4 heteroatoms. The van der Waals surface area contributed by atoms with Crippen LogP contribution in [0, 0.1) is 0 Å². The lowest BCUT2D eigenvalue weighted by molar-refractivity contribution is 0.264. The molecule has 14 heavy (non-hydrogen) atoms. The predicted molar refractivity (Wildman–Crippen MR) is 55.9 cm³/mol. The van der Waals surface area contributed by atoms with Crippen LogP contribution in [-0.2, 0) is 7.05 Å². The van der Waals surface area contributed by atoms with Gasteiger partial charge in [0.2, 0.25) is 0 Å². The summed E-state index contributed by atoms with van der Waals surface area (Å²) in [5.74, 6) is 0. The zero-order chi connectivity index (χ0) is 10.6. The molecule has 0 aromatic carbocycles. The summed E-state index contributed by atoms with van der Waals surface area (Å²) in [5.41, 5.74) is 1.18. The van der Waals surface area contributed by atoms with Gasteiger partial charge in [0.25, 0.3) is 0 Å². The number of aryl methyl sites for hydroxylation is 1. The van der Waals surface area contributed by atoms with E-state index in [9.17, 15) is 0 Å². The van der Waals surface area contributed by atoms with Gasteiger partial charge in [-0.15, -0.1) is 0 Å². The second kappa shape index (κ2) is 5.12. The maximum atomic E-state index is 8.77. The molecule has 1 aromatic rings.